The van der Waals surface area contributed by atoms with Gasteiger partial charge >= 0.3 is 0 Å². The summed E-state index contributed by atoms with van der Waals surface area (Å²) in [5.74, 6) is -0.0818. The molecule has 0 saturated carbocycles. The van der Waals surface area contributed by atoms with Crippen molar-refractivity contribution >= 4 is 23.2 Å². The molecule has 0 unspecified atom stereocenters. The summed E-state index contributed by atoms with van der Waals surface area (Å²) in [4.78, 5) is 27.1. The Morgan fingerprint density at radius 3 is 2.52 bits per heavy atom. The second-order valence-corrected chi connectivity index (χ2v) is 7.13. The molecule has 27 heavy (non-hydrogen) atoms. The van der Waals surface area contributed by atoms with Crippen LogP contribution in [0, 0.1) is 0 Å². The summed E-state index contributed by atoms with van der Waals surface area (Å²) in [5.41, 5.74) is 4.15. The molecule has 1 atom stereocenters. The summed E-state index contributed by atoms with van der Waals surface area (Å²) in [6, 6.07) is 18.0. The van der Waals surface area contributed by atoms with Gasteiger partial charge in [0, 0.05) is 31.0 Å². The number of amides is 2. The summed E-state index contributed by atoms with van der Waals surface area (Å²) in [7, 11) is 0. The first-order chi connectivity index (χ1) is 13.1. The van der Waals surface area contributed by atoms with E-state index in [4.69, 9.17) is 0 Å². The molecule has 2 aromatic rings. The van der Waals surface area contributed by atoms with Crippen LogP contribution in [0.3, 0.4) is 0 Å². The molecule has 0 fully saturated rings. The molecule has 2 heterocycles. The summed E-state index contributed by atoms with van der Waals surface area (Å²) >= 11 is 0. The van der Waals surface area contributed by atoms with Crippen molar-refractivity contribution in [3.05, 3.63) is 65.7 Å². The van der Waals surface area contributed by atoms with Gasteiger partial charge in [-0.2, -0.15) is 5.10 Å². The number of carbonyl (C=O) groups is 2. The molecule has 0 spiro atoms. The first-order valence-corrected chi connectivity index (χ1v) is 9.46. The van der Waals surface area contributed by atoms with Gasteiger partial charge in [0.05, 0.1) is 12.3 Å². The maximum atomic E-state index is 12.7. The van der Waals surface area contributed by atoms with Crippen molar-refractivity contribution in [2.24, 2.45) is 5.10 Å². The molecule has 2 amide bonds. The smallest absolute Gasteiger partial charge is 0.243 e. The first-order valence-electron chi connectivity index (χ1n) is 9.46. The number of anilines is 1. The van der Waals surface area contributed by atoms with E-state index in [1.165, 1.54) is 10.6 Å². The number of hydrogen-bond acceptors (Lipinski definition) is 3. The third-order valence-electron chi connectivity index (χ3n) is 5.23. The molecule has 0 N–H and O–H groups in total. The second-order valence-electron chi connectivity index (χ2n) is 7.13. The van der Waals surface area contributed by atoms with Gasteiger partial charge in [0.1, 0.15) is 0 Å². The van der Waals surface area contributed by atoms with Crippen LogP contribution in [-0.2, 0) is 16.0 Å². The molecule has 2 aliphatic heterocycles. The number of carbonyl (C=O) groups excluding carboxylic acids is 2. The first kappa shape index (κ1) is 17.5. The van der Waals surface area contributed by atoms with Crippen LogP contribution < -0.4 is 4.90 Å². The minimum absolute atomic E-state index is 0.00672. The van der Waals surface area contributed by atoms with E-state index in [9.17, 15) is 9.59 Å². The van der Waals surface area contributed by atoms with E-state index < -0.39 is 0 Å². The van der Waals surface area contributed by atoms with Crippen LogP contribution in [0.1, 0.15) is 37.3 Å². The Hall–Kier alpha value is -2.95. The van der Waals surface area contributed by atoms with Crippen molar-refractivity contribution in [2.75, 3.05) is 11.4 Å². The van der Waals surface area contributed by atoms with Crippen LogP contribution in [0.4, 0.5) is 5.69 Å². The summed E-state index contributed by atoms with van der Waals surface area (Å²) in [6.45, 7) is 2.64. The van der Waals surface area contributed by atoms with Crippen LogP contribution in [-0.4, -0.2) is 35.1 Å². The number of rotatable bonds is 4. The number of fused-ring (bicyclic) bond motifs is 1. The molecule has 0 saturated heterocycles. The number of nitrogens with zero attached hydrogens (tertiary/aromatic N) is 3. The molecular formula is C22H23N3O2. The van der Waals surface area contributed by atoms with Crippen LogP contribution in [0.15, 0.2) is 59.7 Å². The molecule has 0 aliphatic carbocycles. The van der Waals surface area contributed by atoms with Gasteiger partial charge in [0.15, 0.2) is 0 Å². The van der Waals surface area contributed by atoms with Gasteiger partial charge in [0.25, 0.3) is 0 Å². The second kappa shape index (κ2) is 7.35. The zero-order valence-electron chi connectivity index (χ0n) is 15.5. The number of hydrogen-bond donors (Lipinski definition) is 0. The topological polar surface area (TPSA) is 53.0 Å². The standard InChI is InChI=1S/C22H23N3O2/c1-16-15-18-9-5-6-10-20(18)25(16)22(27)12-11-21(26)24-14-13-19(23-24)17-7-3-2-4-8-17/h2-10,16H,11-15H2,1H3/t16-/m1/s1. The van der Waals surface area contributed by atoms with E-state index in [1.807, 2.05) is 53.4 Å². The number of benzene rings is 2. The molecule has 5 nitrogen and oxygen atoms in total. The highest BCUT2D eigenvalue weighted by Gasteiger charge is 2.31. The highest BCUT2D eigenvalue weighted by atomic mass is 16.2. The average molecular weight is 361 g/mol. The maximum Gasteiger partial charge on any atom is 0.243 e. The summed E-state index contributed by atoms with van der Waals surface area (Å²) < 4.78 is 0. The fraction of sp³-hybridized carbons (Fsp3) is 0.318. The van der Waals surface area contributed by atoms with Crippen LogP contribution >= 0.6 is 0 Å². The summed E-state index contributed by atoms with van der Waals surface area (Å²) in [6.07, 6.45) is 2.02. The molecule has 0 aromatic heterocycles. The zero-order valence-corrected chi connectivity index (χ0v) is 15.5. The minimum atomic E-state index is -0.0885. The fourth-order valence-electron chi connectivity index (χ4n) is 3.88. The largest absolute Gasteiger partial charge is 0.309 e. The van der Waals surface area contributed by atoms with Crippen molar-refractivity contribution in [2.45, 2.75) is 38.6 Å². The fourth-order valence-corrected chi connectivity index (χ4v) is 3.88. The quantitative estimate of drug-likeness (QED) is 0.838. The Bertz CT molecular complexity index is 891. The minimum Gasteiger partial charge on any atom is -0.309 e. The summed E-state index contributed by atoms with van der Waals surface area (Å²) in [5, 5.41) is 5.97. The van der Waals surface area contributed by atoms with Crippen molar-refractivity contribution in [1.82, 2.24) is 5.01 Å². The molecule has 5 heteroatoms. The molecule has 2 aromatic carbocycles. The molecule has 138 valence electrons. The monoisotopic (exact) mass is 361 g/mol. The maximum absolute atomic E-state index is 12.7. The van der Waals surface area contributed by atoms with E-state index >= 15 is 0 Å². The van der Waals surface area contributed by atoms with Gasteiger partial charge in [-0.25, -0.2) is 5.01 Å². The number of hydrazone groups is 1. The molecular weight excluding hydrogens is 338 g/mol. The Balaban J connectivity index is 1.37. The Morgan fingerprint density at radius 2 is 1.70 bits per heavy atom. The van der Waals surface area contributed by atoms with Gasteiger partial charge in [-0.1, -0.05) is 48.5 Å². The number of para-hydroxylation sites is 1. The molecule has 4 rings (SSSR count). The lowest BCUT2D eigenvalue weighted by atomic mass is 10.1. The Morgan fingerprint density at radius 1 is 1.00 bits per heavy atom. The van der Waals surface area contributed by atoms with Crippen molar-refractivity contribution in [3.8, 4) is 0 Å². The van der Waals surface area contributed by atoms with Crippen molar-refractivity contribution in [3.63, 3.8) is 0 Å². The van der Waals surface area contributed by atoms with Crippen molar-refractivity contribution < 1.29 is 9.59 Å². The molecule has 0 radical (unpaired) electrons. The van der Waals surface area contributed by atoms with E-state index in [0.717, 1.165) is 29.8 Å². The highest BCUT2D eigenvalue weighted by Crippen LogP contribution is 2.32. The molecule has 0 bridgehead atoms. The third-order valence-corrected chi connectivity index (χ3v) is 5.23. The predicted octanol–water partition coefficient (Wildman–Crippen LogP) is 3.38. The van der Waals surface area contributed by atoms with E-state index in [1.54, 1.807) is 0 Å². The van der Waals surface area contributed by atoms with E-state index in [0.29, 0.717) is 6.54 Å². The van der Waals surface area contributed by atoms with E-state index in [-0.39, 0.29) is 30.7 Å². The third kappa shape index (κ3) is 3.50. The van der Waals surface area contributed by atoms with Gasteiger partial charge in [-0.3, -0.25) is 9.59 Å². The average Bonchev–Trinajstić information content (AvgIpc) is 3.30. The predicted molar refractivity (Wildman–Crippen MR) is 106 cm³/mol. The lowest BCUT2D eigenvalue weighted by Crippen LogP contribution is -2.36. The SMILES string of the molecule is C[C@@H]1Cc2ccccc2N1C(=O)CCC(=O)N1CCC(c2ccccc2)=N1. The van der Waals surface area contributed by atoms with Gasteiger partial charge < -0.3 is 4.90 Å². The lowest BCUT2D eigenvalue weighted by Gasteiger charge is -2.23. The zero-order chi connectivity index (χ0) is 18.8. The van der Waals surface area contributed by atoms with Gasteiger partial charge in [0.2, 0.25) is 11.8 Å². The van der Waals surface area contributed by atoms with Crippen LogP contribution in [0.5, 0.6) is 0 Å². The van der Waals surface area contributed by atoms with Crippen LogP contribution in [0.25, 0.3) is 0 Å². The highest BCUT2D eigenvalue weighted by molar-refractivity contribution is 6.03. The normalized spacial score (nSPS) is 18.4. The Labute approximate surface area is 159 Å². The van der Waals surface area contributed by atoms with Crippen LogP contribution in [0.2, 0.25) is 0 Å². The van der Waals surface area contributed by atoms with Gasteiger partial charge in [-0.15, -0.1) is 0 Å². The van der Waals surface area contributed by atoms with E-state index in [2.05, 4.69) is 18.1 Å². The molecule has 2 aliphatic rings. The van der Waals surface area contributed by atoms with Gasteiger partial charge in [-0.05, 0) is 30.5 Å². The Kier molecular flexibility index (Phi) is 4.75. The van der Waals surface area contributed by atoms with Crippen molar-refractivity contribution in [1.29, 1.82) is 0 Å². The lowest BCUT2D eigenvalue weighted by molar-refractivity contribution is -0.132.